The van der Waals surface area contributed by atoms with Crippen molar-refractivity contribution in [2.45, 2.75) is 24.9 Å². The van der Waals surface area contributed by atoms with Gasteiger partial charge >= 0.3 is 11.9 Å². The van der Waals surface area contributed by atoms with E-state index in [9.17, 15) is 9.59 Å². The molecule has 1 heterocycles. The van der Waals surface area contributed by atoms with Crippen LogP contribution in [0.15, 0.2) is 17.1 Å². The summed E-state index contributed by atoms with van der Waals surface area (Å²) in [6, 6.07) is -1.10. The van der Waals surface area contributed by atoms with E-state index in [4.69, 9.17) is 38.4 Å². The van der Waals surface area contributed by atoms with E-state index in [0.29, 0.717) is 0 Å². The molecule has 0 aromatic carbocycles. The highest BCUT2D eigenvalue weighted by molar-refractivity contribution is 6.68. The summed E-state index contributed by atoms with van der Waals surface area (Å²) >= 11 is 11.9. The second kappa shape index (κ2) is 7.06. The summed E-state index contributed by atoms with van der Waals surface area (Å²) in [5, 5.41) is 0.0929. The number of rotatable bonds is 5. The predicted molar refractivity (Wildman–Crippen MR) is 75.7 cm³/mol. The molecule has 6 nitrogen and oxygen atoms in total. The van der Waals surface area contributed by atoms with Crippen molar-refractivity contribution in [3.8, 4) is 0 Å². The van der Waals surface area contributed by atoms with Crippen molar-refractivity contribution >= 4 is 40.3 Å². The quantitative estimate of drug-likeness (QED) is 0.355. The van der Waals surface area contributed by atoms with Gasteiger partial charge in [0.05, 0.1) is 13.2 Å². The molecule has 0 saturated carbocycles. The lowest BCUT2D eigenvalue weighted by Gasteiger charge is -2.32. The summed E-state index contributed by atoms with van der Waals surface area (Å²) in [5.41, 5.74) is 5.85. The molecule has 0 aromatic rings. The van der Waals surface area contributed by atoms with Crippen LogP contribution >= 0.6 is 23.2 Å². The molecule has 0 bridgehead atoms. The summed E-state index contributed by atoms with van der Waals surface area (Å²) in [6.45, 7) is 3.45. The minimum Gasteiger partial charge on any atom is -0.465 e. The van der Waals surface area contributed by atoms with Crippen molar-refractivity contribution in [2.24, 2.45) is 16.6 Å². The first kappa shape index (κ1) is 16.9. The van der Waals surface area contributed by atoms with E-state index in [1.807, 2.05) is 0 Å². The number of hydrogen-bond acceptors (Lipinski definition) is 6. The number of halogens is 2. The number of aliphatic imine (C=N–C) groups is 1. The number of nitrogens with zero attached hydrogens (tertiary/aromatic N) is 1. The Morgan fingerprint density at radius 2 is 1.90 bits per heavy atom. The molecular formula is C12H16Cl2N2O4. The fourth-order valence-corrected chi connectivity index (χ4v) is 2.12. The summed E-state index contributed by atoms with van der Waals surface area (Å²) in [5.74, 6) is -2.96. The second-order valence-corrected chi connectivity index (χ2v) is 5.08. The molecule has 1 aliphatic rings. The molecule has 2 atom stereocenters. The number of dihydropyridines is 1. The molecule has 0 spiro atoms. The molecule has 1 aliphatic heterocycles. The Morgan fingerprint density at radius 3 is 2.35 bits per heavy atom. The summed E-state index contributed by atoms with van der Waals surface area (Å²) in [7, 11) is 0. The third kappa shape index (κ3) is 3.94. The second-order valence-electron chi connectivity index (χ2n) is 4.04. The van der Waals surface area contributed by atoms with Crippen LogP contribution < -0.4 is 5.73 Å². The van der Waals surface area contributed by atoms with Gasteiger partial charge in [-0.05, 0) is 26.0 Å². The van der Waals surface area contributed by atoms with Gasteiger partial charge in [-0.25, -0.2) is 0 Å². The van der Waals surface area contributed by atoms with Crippen molar-refractivity contribution in [1.82, 2.24) is 0 Å². The number of hydrogen-bond donors (Lipinski definition) is 1. The number of allylic oxidation sites excluding steroid dienone is 1. The molecule has 0 fully saturated rings. The standard InChI is InChI=1S/C12H16Cl2N2O4/c1-3-19-10(17)8(11(18)20-4-2)9-12(14,15)6-5-7(13)16-9/h5-6,8-9H,3-4,15H2,1-2H3. The lowest BCUT2D eigenvalue weighted by atomic mass is 9.92. The third-order valence-electron chi connectivity index (χ3n) is 2.59. The largest absolute Gasteiger partial charge is 0.465 e. The van der Waals surface area contributed by atoms with Crippen LogP contribution in [-0.4, -0.2) is 41.4 Å². The van der Waals surface area contributed by atoms with Crippen LogP contribution in [0, 0.1) is 5.92 Å². The van der Waals surface area contributed by atoms with Crippen molar-refractivity contribution < 1.29 is 19.1 Å². The maximum absolute atomic E-state index is 12.0. The number of alkyl halides is 1. The van der Waals surface area contributed by atoms with Gasteiger partial charge in [-0.15, -0.1) is 0 Å². The fourth-order valence-electron chi connectivity index (χ4n) is 1.72. The summed E-state index contributed by atoms with van der Waals surface area (Å²) in [6.07, 6.45) is 2.78. The zero-order chi connectivity index (χ0) is 15.3. The van der Waals surface area contributed by atoms with Crippen molar-refractivity contribution in [2.75, 3.05) is 13.2 Å². The van der Waals surface area contributed by atoms with Gasteiger partial charge in [0, 0.05) is 0 Å². The van der Waals surface area contributed by atoms with Gasteiger partial charge < -0.3 is 15.2 Å². The molecule has 2 unspecified atom stereocenters. The van der Waals surface area contributed by atoms with Gasteiger partial charge in [-0.2, -0.15) is 0 Å². The SMILES string of the molecule is CCOC(=O)C(C(=O)OCC)C1N=C(Cl)C=CC1(N)Cl. The third-order valence-corrected chi connectivity index (χ3v) is 3.16. The van der Waals surface area contributed by atoms with Crippen LogP contribution in [-0.2, 0) is 19.1 Å². The van der Waals surface area contributed by atoms with Gasteiger partial charge in [0.15, 0.2) is 5.92 Å². The van der Waals surface area contributed by atoms with E-state index in [1.165, 1.54) is 12.2 Å². The number of ether oxygens (including phenoxy) is 2. The van der Waals surface area contributed by atoms with Crippen LogP contribution in [0.5, 0.6) is 0 Å². The van der Waals surface area contributed by atoms with Gasteiger partial charge in [0.2, 0.25) is 0 Å². The van der Waals surface area contributed by atoms with Crippen LogP contribution in [0.4, 0.5) is 0 Å². The minimum absolute atomic E-state index is 0.0929. The number of carbonyl (C=O) groups is 2. The normalized spacial score (nSPS) is 25.3. The van der Waals surface area contributed by atoms with Crippen LogP contribution in [0.3, 0.4) is 0 Å². The summed E-state index contributed by atoms with van der Waals surface area (Å²) in [4.78, 5) is 26.4. The molecule has 0 aliphatic carbocycles. The molecule has 0 saturated heterocycles. The predicted octanol–water partition coefficient (Wildman–Crippen LogP) is 1.20. The number of carbonyl (C=O) groups excluding carboxylic acids is 2. The van der Waals surface area contributed by atoms with E-state index in [2.05, 4.69) is 4.99 Å². The van der Waals surface area contributed by atoms with Gasteiger partial charge in [-0.1, -0.05) is 23.2 Å². The number of esters is 2. The van der Waals surface area contributed by atoms with Crippen LogP contribution in [0.2, 0.25) is 0 Å². The van der Waals surface area contributed by atoms with E-state index in [0.717, 1.165) is 0 Å². The van der Waals surface area contributed by atoms with E-state index < -0.39 is 28.9 Å². The maximum Gasteiger partial charge on any atom is 0.322 e. The van der Waals surface area contributed by atoms with Crippen LogP contribution in [0.1, 0.15) is 13.8 Å². The van der Waals surface area contributed by atoms with Crippen molar-refractivity contribution in [1.29, 1.82) is 0 Å². The first-order valence-electron chi connectivity index (χ1n) is 6.07. The number of nitrogens with two attached hydrogens (primary N) is 1. The molecule has 112 valence electrons. The highest BCUT2D eigenvalue weighted by atomic mass is 35.5. The van der Waals surface area contributed by atoms with E-state index in [-0.39, 0.29) is 18.4 Å². The van der Waals surface area contributed by atoms with E-state index in [1.54, 1.807) is 13.8 Å². The Morgan fingerprint density at radius 1 is 1.40 bits per heavy atom. The summed E-state index contributed by atoms with van der Waals surface area (Å²) < 4.78 is 9.73. The van der Waals surface area contributed by atoms with Crippen molar-refractivity contribution in [3.05, 3.63) is 12.2 Å². The van der Waals surface area contributed by atoms with Gasteiger partial charge in [0.25, 0.3) is 0 Å². The Kier molecular flexibility index (Phi) is 5.98. The highest BCUT2D eigenvalue weighted by Crippen LogP contribution is 2.30. The Balaban J connectivity index is 3.12. The topological polar surface area (TPSA) is 91.0 Å². The molecular weight excluding hydrogens is 307 g/mol. The Hall–Kier alpha value is -1.11. The molecule has 8 heteroatoms. The molecule has 1 rings (SSSR count). The van der Waals surface area contributed by atoms with Crippen LogP contribution in [0.25, 0.3) is 0 Å². The van der Waals surface area contributed by atoms with Crippen molar-refractivity contribution in [3.63, 3.8) is 0 Å². The zero-order valence-corrected chi connectivity index (χ0v) is 12.6. The molecule has 0 amide bonds. The molecule has 0 radical (unpaired) electrons. The lowest BCUT2D eigenvalue weighted by Crippen LogP contribution is -2.53. The maximum atomic E-state index is 12.0. The van der Waals surface area contributed by atoms with Gasteiger partial charge in [0.1, 0.15) is 16.2 Å². The fraction of sp³-hybridized carbons (Fsp3) is 0.583. The highest BCUT2D eigenvalue weighted by Gasteiger charge is 2.47. The monoisotopic (exact) mass is 322 g/mol. The average molecular weight is 323 g/mol. The molecule has 0 aromatic heterocycles. The Bertz CT molecular complexity index is 431. The smallest absolute Gasteiger partial charge is 0.322 e. The lowest BCUT2D eigenvalue weighted by molar-refractivity contribution is -0.162. The Labute approximate surface area is 126 Å². The first-order chi connectivity index (χ1) is 9.33. The average Bonchev–Trinajstić information content (AvgIpc) is 2.35. The zero-order valence-electron chi connectivity index (χ0n) is 11.1. The molecule has 20 heavy (non-hydrogen) atoms. The minimum atomic E-state index is -1.53. The van der Waals surface area contributed by atoms with Gasteiger partial charge in [-0.3, -0.25) is 14.6 Å². The molecule has 2 N–H and O–H groups in total. The van der Waals surface area contributed by atoms with E-state index >= 15 is 0 Å². The first-order valence-corrected chi connectivity index (χ1v) is 6.82.